The van der Waals surface area contributed by atoms with Crippen LogP contribution >= 0.6 is 0 Å². The Labute approximate surface area is 120 Å². The van der Waals surface area contributed by atoms with Crippen molar-refractivity contribution < 1.29 is 4.74 Å². The van der Waals surface area contributed by atoms with Crippen molar-refractivity contribution in [3.05, 3.63) is 48.3 Å². The number of ether oxygens (including phenoxy) is 1. The molecule has 1 N–H and O–H groups in total. The molecular formula is C16H23N3O. The van der Waals surface area contributed by atoms with Crippen LogP contribution in [0.15, 0.2) is 42.7 Å². The molecule has 1 heterocycles. The first-order valence-electron chi connectivity index (χ1n) is 7.13. The first kappa shape index (κ1) is 14.6. The summed E-state index contributed by atoms with van der Waals surface area (Å²) in [5.41, 5.74) is 2.43. The molecule has 0 spiro atoms. The van der Waals surface area contributed by atoms with E-state index in [0.29, 0.717) is 12.6 Å². The second-order valence-electron chi connectivity index (χ2n) is 4.92. The van der Waals surface area contributed by atoms with Gasteiger partial charge in [0, 0.05) is 19.3 Å². The lowest BCUT2D eigenvalue weighted by Crippen LogP contribution is -2.21. The van der Waals surface area contributed by atoms with Gasteiger partial charge in [-0.25, -0.2) is 0 Å². The first-order valence-corrected chi connectivity index (χ1v) is 7.13. The van der Waals surface area contributed by atoms with Gasteiger partial charge in [-0.1, -0.05) is 37.3 Å². The maximum atomic E-state index is 5.06. The van der Waals surface area contributed by atoms with Gasteiger partial charge in [-0.05, 0) is 18.4 Å². The van der Waals surface area contributed by atoms with E-state index in [1.807, 2.05) is 17.1 Å². The lowest BCUT2D eigenvalue weighted by atomic mass is 10.0. The van der Waals surface area contributed by atoms with Crippen molar-refractivity contribution in [2.75, 3.05) is 19.0 Å². The summed E-state index contributed by atoms with van der Waals surface area (Å²) in [4.78, 5) is 0. The molecule has 108 valence electrons. The molecule has 0 amide bonds. The zero-order valence-electron chi connectivity index (χ0n) is 12.2. The molecular weight excluding hydrogens is 250 g/mol. The number of methoxy groups -OCH3 is 1. The fraction of sp³-hybridized carbons (Fsp3) is 0.438. The molecule has 0 aliphatic carbocycles. The molecule has 4 heteroatoms. The van der Waals surface area contributed by atoms with E-state index in [2.05, 4.69) is 47.7 Å². The van der Waals surface area contributed by atoms with Crippen LogP contribution in [0.4, 0.5) is 5.69 Å². The van der Waals surface area contributed by atoms with E-state index >= 15 is 0 Å². The molecule has 2 aromatic rings. The quantitative estimate of drug-likeness (QED) is 0.803. The van der Waals surface area contributed by atoms with Gasteiger partial charge in [-0.15, -0.1) is 0 Å². The number of hydrogen-bond donors (Lipinski definition) is 1. The molecule has 1 aromatic carbocycles. The smallest absolute Gasteiger partial charge is 0.0728 e. The van der Waals surface area contributed by atoms with Crippen LogP contribution in [0.25, 0.3) is 0 Å². The van der Waals surface area contributed by atoms with Crippen LogP contribution in [-0.4, -0.2) is 29.5 Å². The van der Waals surface area contributed by atoms with E-state index in [0.717, 1.165) is 25.1 Å². The fourth-order valence-corrected chi connectivity index (χ4v) is 2.18. The Hall–Kier alpha value is -1.81. The van der Waals surface area contributed by atoms with Crippen LogP contribution in [0.3, 0.4) is 0 Å². The standard InChI is InChI=1S/C16H23N3O/c1-3-15(11-14-7-5-4-6-8-14)18-16-12-17-19(13-16)9-10-20-2/h4-8,12-13,15,18H,3,9-11H2,1-2H3. The van der Waals surface area contributed by atoms with Crippen LogP contribution in [0.2, 0.25) is 0 Å². The SMILES string of the molecule is CCC(Cc1ccccc1)Nc1cnn(CCOC)c1. The Morgan fingerprint density at radius 2 is 2.10 bits per heavy atom. The van der Waals surface area contributed by atoms with Gasteiger partial charge >= 0.3 is 0 Å². The minimum Gasteiger partial charge on any atom is -0.383 e. The molecule has 1 aromatic heterocycles. The van der Waals surface area contributed by atoms with Crippen LogP contribution in [0, 0.1) is 0 Å². The summed E-state index contributed by atoms with van der Waals surface area (Å²) in [6.45, 7) is 3.67. The average molecular weight is 273 g/mol. The number of rotatable bonds is 8. The highest BCUT2D eigenvalue weighted by molar-refractivity contribution is 5.39. The molecule has 0 radical (unpaired) electrons. The van der Waals surface area contributed by atoms with E-state index in [1.54, 1.807) is 7.11 Å². The zero-order chi connectivity index (χ0) is 14.2. The van der Waals surface area contributed by atoms with Crippen molar-refractivity contribution in [3.63, 3.8) is 0 Å². The van der Waals surface area contributed by atoms with Crippen molar-refractivity contribution in [1.29, 1.82) is 0 Å². The molecule has 20 heavy (non-hydrogen) atoms. The third kappa shape index (κ3) is 4.38. The van der Waals surface area contributed by atoms with Gasteiger partial charge in [0.15, 0.2) is 0 Å². The number of aromatic nitrogens is 2. The highest BCUT2D eigenvalue weighted by atomic mass is 16.5. The highest BCUT2D eigenvalue weighted by Crippen LogP contribution is 2.12. The van der Waals surface area contributed by atoms with Gasteiger partial charge in [0.05, 0.1) is 25.0 Å². The summed E-state index contributed by atoms with van der Waals surface area (Å²) in [7, 11) is 1.70. The van der Waals surface area contributed by atoms with Crippen LogP contribution in [0.1, 0.15) is 18.9 Å². The van der Waals surface area contributed by atoms with Gasteiger partial charge in [0.1, 0.15) is 0 Å². The predicted octanol–water partition coefficient (Wildman–Crippen LogP) is 2.96. The molecule has 1 unspecified atom stereocenters. The minimum absolute atomic E-state index is 0.428. The number of anilines is 1. The normalized spacial score (nSPS) is 12.3. The van der Waals surface area contributed by atoms with Gasteiger partial charge in [0.25, 0.3) is 0 Å². The Bertz CT molecular complexity index is 495. The second kappa shape index (κ2) is 7.70. The van der Waals surface area contributed by atoms with Crippen molar-refractivity contribution >= 4 is 5.69 Å². The average Bonchev–Trinajstić information content (AvgIpc) is 2.93. The van der Waals surface area contributed by atoms with Gasteiger partial charge < -0.3 is 10.1 Å². The Balaban J connectivity index is 1.91. The van der Waals surface area contributed by atoms with E-state index in [1.165, 1.54) is 5.56 Å². The van der Waals surface area contributed by atoms with Crippen molar-refractivity contribution in [2.45, 2.75) is 32.4 Å². The van der Waals surface area contributed by atoms with E-state index in [9.17, 15) is 0 Å². The summed E-state index contributed by atoms with van der Waals surface area (Å²) in [5.74, 6) is 0. The third-order valence-electron chi connectivity index (χ3n) is 3.35. The zero-order valence-corrected chi connectivity index (χ0v) is 12.2. The molecule has 0 bridgehead atoms. The highest BCUT2D eigenvalue weighted by Gasteiger charge is 2.08. The topological polar surface area (TPSA) is 39.1 Å². The summed E-state index contributed by atoms with van der Waals surface area (Å²) in [6, 6.07) is 11.0. The molecule has 0 saturated carbocycles. The van der Waals surface area contributed by atoms with Crippen LogP contribution in [0.5, 0.6) is 0 Å². The van der Waals surface area contributed by atoms with E-state index in [4.69, 9.17) is 4.74 Å². The molecule has 0 saturated heterocycles. The Morgan fingerprint density at radius 3 is 2.80 bits per heavy atom. The van der Waals surface area contributed by atoms with E-state index in [-0.39, 0.29) is 0 Å². The second-order valence-corrected chi connectivity index (χ2v) is 4.92. The predicted molar refractivity (Wildman–Crippen MR) is 82.0 cm³/mol. The number of hydrogen-bond acceptors (Lipinski definition) is 3. The molecule has 0 aliphatic heterocycles. The number of nitrogens with zero attached hydrogens (tertiary/aromatic N) is 2. The lowest BCUT2D eigenvalue weighted by Gasteiger charge is -2.17. The fourth-order valence-electron chi connectivity index (χ4n) is 2.18. The van der Waals surface area contributed by atoms with Crippen molar-refractivity contribution in [3.8, 4) is 0 Å². The van der Waals surface area contributed by atoms with Gasteiger partial charge in [-0.3, -0.25) is 4.68 Å². The Morgan fingerprint density at radius 1 is 1.30 bits per heavy atom. The molecule has 2 rings (SSSR count). The van der Waals surface area contributed by atoms with Crippen molar-refractivity contribution in [2.24, 2.45) is 0 Å². The maximum Gasteiger partial charge on any atom is 0.0728 e. The number of benzene rings is 1. The maximum absolute atomic E-state index is 5.06. The molecule has 4 nitrogen and oxygen atoms in total. The summed E-state index contributed by atoms with van der Waals surface area (Å²) in [5, 5.41) is 7.87. The number of nitrogens with one attached hydrogen (secondary N) is 1. The molecule has 0 aliphatic rings. The Kier molecular flexibility index (Phi) is 5.62. The largest absolute Gasteiger partial charge is 0.383 e. The summed E-state index contributed by atoms with van der Waals surface area (Å²) < 4.78 is 6.96. The van der Waals surface area contributed by atoms with E-state index < -0.39 is 0 Å². The summed E-state index contributed by atoms with van der Waals surface area (Å²) in [6.07, 6.45) is 6.02. The first-order chi connectivity index (χ1) is 9.81. The third-order valence-corrected chi connectivity index (χ3v) is 3.35. The minimum atomic E-state index is 0.428. The summed E-state index contributed by atoms with van der Waals surface area (Å²) >= 11 is 0. The lowest BCUT2D eigenvalue weighted by molar-refractivity contribution is 0.183. The van der Waals surface area contributed by atoms with Gasteiger partial charge in [0.2, 0.25) is 0 Å². The van der Waals surface area contributed by atoms with Crippen LogP contribution in [-0.2, 0) is 17.7 Å². The molecule has 0 fully saturated rings. The van der Waals surface area contributed by atoms with Gasteiger partial charge in [-0.2, -0.15) is 5.10 Å². The molecule has 1 atom stereocenters. The van der Waals surface area contributed by atoms with Crippen molar-refractivity contribution in [1.82, 2.24) is 9.78 Å². The van der Waals surface area contributed by atoms with Crippen LogP contribution < -0.4 is 5.32 Å². The monoisotopic (exact) mass is 273 g/mol.